The molecule has 1 aliphatic carbocycles. The zero-order chi connectivity index (χ0) is 21.2. The Morgan fingerprint density at radius 1 is 0.742 bits per heavy atom. The molecule has 150 valence electrons. The lowest BCUT2D eigenvalue weighted by molar-refractivity contribution is -0.120. The van der Waals surface area contributed by atoms with Gasteiger partial charge in [-0.1, -0.05) is 72.8 Å². The normalized spacial score (nSPS) is 23.6. The maximum Gasteiger partial charge on any atom is 0.254 e. The first-order chi connectivity index (χ1) is 15.1. The third-order valence-corrected chi connectivity index (χ3v) is 6.47. The Morgan fingerprint density at radius 2 is 1.39 bits per heavy atom. The van der Waals surface area contributed by atoms with E-state index in [1.807, 2.05) is 54.6 Å². The molecule has 2 heterocycles. The number of anilines is 1. The second-order valence-electron chi connectivity index (χ2n) is 8.13. The molecular formula is C26H18N2O3. The Morgan fingerprint density at radius 3 is 2.16 bits per heavy atom. The van der Waals surface area contributed by atoms with Gasteiger partial charge in [0.05, 0.1) is 0 Å². The van der Waals surface area contributed by atoms with Gasteiger partial charge in [-0.05, 0) is 18.1 Å². The summed E-state index contributed by atoms with van der Waals surface area (Å²) in [6.07, 6.45) is 0.498. The average molecular weight is 406 g/mol. The first-order valence-electron chi connectivity index (χ1n) is 10.3. The molecule has 0 saturated heterocycles. The number of ketones is 2. The Balaban J connectivity index is 1.60. The van der Waals surface area contributed by atoms with Gasteiger partial charge in [0, 0.05) is 39.6 Å². The van der Waals surface area contributed by atoms with Crippen molar-refractivity contribution in [1.82, 2.24) is 5.32 Å². The molecular weight excluding hydrogens is 388 g/mol. The molecule has 0 fully saturated rings. The molecule has 0 bridgehead atoms. The lowest BCUT2D eigenvalue weighted by Gasteiger charge is -2.27. The number of carbonyl (C=O) groups is 3. The first kappa shape index (κ1) is 18.0. The fraction of sp³-hybridized carbons (Fsp3) is 0.115. The van der Waals surface area contributed by atoms with Crippen LogP contribution in [0, 0.1) is 0 Å². The van der Waals surface area contributed by atoms with Crippen LogP contribution in [-0.2, 0) is 16.8 Å². The van der Waals surface area contributed by atoms with Crippen LogP contribution < -0.4 is 10.6 Å². The van der Waals surface area contributed by atoms with Crippen molar-refractivity contribution < 1.29 is 14.4 Å². The standard InChI is InChI=1S/C26H18N2O3/c29-23-16-10-4-5-11-17(16)24(30)22-21(23)20(14-15-8-2-1-3-9-15)28-26(22)18-12-6-7-13-19(18)27-25(26)31/h1-13,20,28H,14H2,(H,27,31)/t20-,26+/m0/s1. The van der Waals surface area contributed by atoms with Gasteiger partial charge in [0.2, 0.25) is 0 Å². The third kappa shape index (κ3) is 2.32. The Labute approximate surface area is 178 Å². The predicted octanol–water partition coefficient (Wildman–Crippen LogP) is 3.42. The zero-order valence-corrected chi connectivity index (χ0v) is 16.5. The molecule has 2 aliphatic heterocycles. The molecule has 1 spiro atoms. The van der Waals surface area contributed by atoms with Crippen LogP contribution in [0.1, 0.15) is 31.8 Å². The molecule has 2 atom stereocenters. The third-order valence-electron chi connectivity index (χ3n) is 6.47. The molecule has 31 heavy (non-hydrogen) atoms. The van der Waals surface area contributed by atoms with E-state index in [1.165, 1.54) is 0 Å². The summed E-state index contributed by atoms with van der Waals surface area (Å²) in [5, 5.41) is 6.34. The van der Waals surface area contributed by atoms with Crippen LogP contribution in [0.25, 0.3) is 0 Å². The zero-order valence-electron chi connectivity index (χ0n) is 16.5. The van der Waals surface area contributed by atoms with Crippen LogP contribution in [0.2, 0.25) is 0 Å². The topological polar surface area (TPSA) is 75.3 Å². The predicted molar refractivity (Wildman–Crippen MR) is 116 cm³/mol. The van der Waals surface area contributed by atoms with E-state index in [0.29, 0.717) is 34.4 Å². The van der Waals surface area contributed by atoms with Gasteiger partial charge in [0.1, 0.15) is 0 Å². The Kier molecular flexibility index (Phi) is 3.67. The summed E-state index contributed by atoms with van der Waals surface area (Å²) in [5.41, 5.74) is 2.41. The minimum absolute atomic E-state index is 0.187. The van der Waals surface area contributed by atoms with Crippen molar-refractivity contribution in [1.29, 1.82) is 0 Å². The number of Topliss-reactive ketones (excluding diaryl/α,β-unsaturated/α-hetero) is 2. The van der Waals surface area contributed by atoms with Gasteiger partial charge in [0.25, 0.3) is 5.91 Å². The molecule has 5 nitrogen and oxygen atoms in total. The van der Waals surface area contributed by atoms with Crippen molar-refractivity contribution in [2.75, 3.05) is 5.32 Å². The molecule has 0 saturated carbocycles. The number of carbonyl (C=O) groups excluding carboxylic acids is 3. The van der Waals surface area contributed by atoms with E-state index in [9.17, 15) is 14.4 Å². The highest BCUT2D eigenvalue weighted by atomic mass is 16.2. The summed E-state index contributed by atoms with van der Waals surface area (Å²) >= 11 is 0. The minimum atomic E-state index is -1.37. The number of para-hydroxylation sites is 1. The summed E-state index contributed by atoms with van der Waals surface area (Å²) in [7, 11) is 0. The van der Waals surface area contributed by atoms with Gasteiger partial charge in [-0.15, -0.1) is 0 Å². The van der Waals surface area contributed by atoms with E-state index in [4.69, 9.17) is 0 Å². The molecule has 0 radical (unpaired) electrons. The molecule has 2 N–H and O–H groups in total. The van der Waals surface area contributed by atoms with E-state index < -0.39 is 11.6 Å². The van der Waals surface area contributed by atoms with Crippen molar-refractivity contribution >= 4 is 23.2 Å². The lowest BCUT2D eigenvalue weighted by atomic mass is 9.74. The smallest absolute Gasteiger partial charge is 0.254 e. The Hall–Kier alpha value is -3.83. The van der Waals surface area contributed by atoms with Gasteiger partial charge < -0.3 is 5.32 Å². The second-order valence-corrected chi connectivity index (χ2v) is 8.13. The number of rotatable bonds is 2. The van der Waals surface area contributed by atoms with Gasteiger partial charge in [0.15, 0.2) is 17.1 Å². The SMILES string of the molecule is O=C1C2=C(C(=O)c3ccccc31)[C@@]1(N[C@H]2Cc2ccccc2)C(=O)Nc2ccccc21. The van der Waals surface area contributed by atoms with Gasteiger partial charge >= 0.3 is 0 Å². The van der Waals surface area contributed by atoms with Crippen LogP contribution >= 0.6 is 0 Å². The molecule has 3 aromatic carbocycles. The van der Waals surface area contributed by atoms with Crippen molar-refractivity contribution in [2.24, 2.45) is 0 Å². The maximum atomic E-state index is 13.7. The summed E-state index contributed by atoms with van der Waals surface area (Å²) in [4.78, 5) is 40.8. The molecule has 0 aromatic heterocycles. The van der Waals surface area contributed by atoms with Crippen LogP contribution in [-0.4, -0.2) is 23.5 Å². The second kappa shape index (κ2) is 6.33. The van der Waals surface area contributed by atoms with Crippen LogP contribution in [0.5, 0.6) is 0 Å². The van der Waals surface area contributed by atoms with E-state index >= 15 is 0 Å². The van der Waals surface area contributed by atoms with E-state index in [0.717, 1.165) is 5.56 Å². The monoisotopic (exact) mass is 406 g/mol. The van der Waals surface area contributed by atoms with Crippen LogP contribution in [0.3, 0.4) is 0 Å². The highest BCUT2D eigenvalue weighted by Gasteiger charge is 2.60. The maximum absolute atomic E-state index is 13.7. The number of benzene rings is 3. The van der Waals surface area contributed by atoms with E-state index in [-0.39, 0.29) is 23.0 Å². The number of amides is 1. The van der Waals surface area contributed by atoms with Crippen molar-refractivity contribution in [3.8, 4) is 0 Å². The lowest BCUT2D eigenvalue weighted by Crippen LogP contribution is -2.50. The average Bonchev–Trinajstić information content (AvgIpc) is 3.28. The Bertz CT molecular complexity index is 1330. The van der Waals surface area contributed by atoms with Crippen molar-refractivity contribution in [2.45, 2.75) is 18.0 Å². The van der Waals surface area contributed by atoms with Gasteiger partial charge in [-0.2, -0.15) is 0 Å². The fourth-order valence-corrected chi connectivity index (χ4v) is 5.16. The first-order valence-corrected chi connectivity index (χ1v) is 10.3. The van der Waals surface area contributed by atoms with Crippen LogP contribution in [0.15, 0.2) is 90.0 Å². The number of hydrogen-bond acceptors (Lipinski definition) is 4. The van der Waals surface area contributed by atoms with Crippen molar-refractivity contribution in [3.05, 3.63) is 112 Å². The minimum Gasteiger partial charge on any atom is -0.324 e. The van der Waals surface area contributed by atoms with E-state index in [1.54, 1.807) is 24.3 Å². The van der Waals surface area contributed by atoms with Gasteiger partial charge in [-0.3, -0.25) is 19.7 Å². The molecule has 0 unspecified atom stereocenters. The molecule has 6 rings (SSSR count). The summed E-state index contributed by atoms with van der Waals surface area (Å²) in [6.45, 7) is 0. The molecule has 5 heteroatoms. The number of nitrogens with one attached hydrogen (secondary N) is 2. The molecule has 3 aromatic rings. The highest BCUT2D eigenvalue weighted by molar-refractivity contribution is 6.32. The summed E-state index contributed by atoms with van der Waals surface area (Å²) in [6, 6.07) is 23.5. The molecule has 1 amide bonds. The summed E-state index contributed by atoms with van der Waals surface area (Å²) in [5.74, 6) is -0.773. The highest BCUT2D eigenvalue weighted by Crippen LogP contribution is 2.50. The van der Waals surface area contributed by atoms with Crippen molar-refractivity contribution in [3.63, 3.8) is 0 Å². The molecule has 3 aliphatic rings. The van der Waals surface area contributed by atoms with Crippen LogP contribution in [0.4, 0.5) is 5.69 Å². The number of hydrogen-bond donors (Lipinski definition) is 2. The fourth-order valence-electron chi connectivity index (χ4n) is 5.16. The largest absolute Gasteiger partial charge is 0.324 e. The van der Waals surface area contributed by atoms with E-state index in [2.05, 4.69) is 10.6 Å². The summed E-state index contributed by atoms with van der Waals surface area (Å²) < 4.78 is 0. The quantitative estimate of drug-likeness (QED) is 0.684. The number of fused-ring (bicyclic) bond motifs is 4. The van der Waals surface area contributed by atoms with Gasteiger partial charge in [-0.25, -0.2) is 0 Å².